The number of aromatic nitrogens is 2. The molecule has 0 aliphatic carbocycles. The Morgan fingerprint density at radius 2 is 2.03 bits per heavy atom. The standard InChI is InChI=1S/C29H31N5O4/c1-5-7-19-14-23(28(37)34-13-10-29(34,2)17-30)33-12-9-18-15-24(38-4)21(16-20(18)25(19)33)26(35)31-22-8-6-11-32(3)27(22)36/h6,8,11,14-16H,5,7,9-10,12-13H2,1-4H3,(H,31,35)/t29-/m1/s1. The van der Waals surface area contributed by atoms with Crippen LogP contribution in [0.25, 0.3) is 11.3 Å². The van der Waals surface area contributed by atoms with E-state index in [2.05, 4.69) is 18.3 Å². The smallest absolute Gasteiger partial charge is 0.274 e. The van der Waals surface area contributed by atoms with Crippen molar-refractivity contribution in [2.45, 2.75) is 51.6 Å². The van der Waals surface area contributed by atoms with Gasteiger partial charge in [-0.15, -0.1) is 0 Å². The summed E-state index contributed by atoms with van der Waals surface area (Å²) in [5.41, 5.74) is 3.82. The fraction of sp³-hybridized carbons (Fsp3) is 0.379. The highest BCUT2D eigenvalue weighted by atomic mass is 16.5. The minimum atomic E-state index is -0.785. The third-order valence-corrected chi connectivity index (χ3v) is 7.72. The number of carbonyl (C=O) groups is 2. The molecule has 2 amide bonds. The van der Waals surface area contributed by atoms with Crippen molar-refractivity contribution in [2.24, 2.45) is 7.05 Å². The van der Waals surface area contributed by atoms with E-state index in [4.69, 9.17) is 4.74 Å². The zero-order valence-electron chi connectivity index (χ0n) is 22.1. The number of carbonyl (C=O) groups excluding carboxylic acids is 2. The van der Waals surface area contributed by atoms with Gasteiger partial charge < -0.3 is 24.1 Å². The van der Waals surface area contributed by atoms with Crippen LogP contribution in [-0.2, 0) is 26.4 Å². The maximum atomic E-state index is 13.6. The van der Waals surface area contributed by atoms with Gasteiger partial charge in [-0.25, -0.2) is 0 Å². The number of nitrogens with zero attached hydrogens (tertiary/aromatic N) is 4. The van der Waals surface area contributed by atoms with Gasteiger partial charge in [-0.05, 0) is 61.2 Å². The fourth-order valence-corrected chi connectivity index (χ4v) is 5.44. The summed E-state index contributed by atoms with van der Waals surface area (Å²) in [5, 5.41) is 12.3. The van der Waals surface area contributed by atoms with Crippen LogP contribution >= 0.6 is 0 Å². The number of nitrogens with one attached hydrogen (secondary N) is 1. The third-order valence-electron chi connectivity index (χ3n) is 7.72. The largest absolute Gasteiger partial charge is 0.496 e. The molecule has 2 aromatic heterocycles. The highest BCUT2D eigenvalue weighted by molar-refractivity contribution is 6.07. The van der Waals surface area contributed by atoms with Crippen LogP contribution in [0.3, 0.4) is 0 Å². The van der Waals surface area contributed by atoms with Gasteiger partial charge in [-0.2, -0.15) is 5.26 Å². The first-order chi connectivity index (χ1) is 18.2. The molecule has 3 aromatic rings. The average molecular weight is 514 g/mol. The van der Waals surface area contributed by atoms with E-state index in [-0.39, 0.29) is 17.2 Å². The Labute approximate surface area is 221 Å². The number of hydrogen-bond donors (Lipinski definition) is 1. The molecule has 9 heteroatoms. The number of rotatable bonds is 6. The van der Waals surface area contributed by atoms with Crippen LogP contribution < -0.4 is 15.6 Å². The molecule has 2 aliphatic rings. The van der Waals surface area contributed by atoms with E-state index in [0.29, 0.717) is 42.9 Å². The number of nitriles is 1. The van der Waals surface area contributed by atoms with Crippen molar-refractivity contribution in [2.75, 3.05) is 19.0 Å². The number of likely N-dealkylation sites (tertiary alicyclic amines) is 1. The summed E-state index contributed by atoms with van der Waals surface area (Å²) in [6.45, 7) is 5.06. The van der Waals surface area contributed by atoms with Gasteiger partial charge in [0.25, 0.3) is 17.4 Å². The van der Waals surface area contributed by atoms with E-state index in [9.17, 15) is 19.6 Å². The average Bonchev–Trinajstić information content (AvgIpc) is 3.28. The summed E-state index contributed by atoms with van der Waals surface area (Å²) in [5.74, 6) is -0.165. The minimum Gasteiger partial charge on any atom is -0.496 e. The van der Waals surface area contributed by atoms with Crippen LogP contribution in [0.1, 0.15) is 58.7 Å². The summed E-state index contributed by atoms with van der Waals surface area (Å²) < 4.78 is 9.01. The molecule has 0 radical (unpaired) electrons. The molecule has 5 rings (SSSR count). The van der Waals surface area contributed by atoms with Gasteiger partial charge in [-0.3, -0.25) is 14.4 Å². The van der Waals surface area contributed by atoms with E-state index >= 15 is 0 Å². The van der Waals surface area contributed by atoms with Crippen molar-refractivity contribution in [1.82, 2.24) is 14.0 Å². The first-order valence-corrected chi connectivity index (χ1v) is 12.9. The van der Waals surface area contributed by atoms with Crippen LogP contribution in [0.15, 0.2) is 41.3 Å². The Bertz CT molecular complexity index is 1560. The monoisotopic (exact) mass is 513 g/mol. The van der Waals surface area contributed by atoms with Crippen molar-refractivity contribution < 1.29 is 14.3 Å². The number of pyridine rings is 1. The van der Waals surface area contributed by atoms with Crippen LogP contribution in [0.5, 0.6) is 5.75 Å². The van der Waals surface area contributed by atoms with Crippen LogP contribution in [0.4, 0.5) is 5.69 Å². The Morgan fingerprint density at radius 3 is 2.68 bits per heavy atom. The number of aryl methyl sites for hydroxylation is 3. The van der Waals surface area contributed by atoms with Gasteiger partial charge in [0.05, 0.1) is 24.4 Å². The molecule has 1 saturated heterocycles. The third kappa shape index (κ3) is 3.97. The molecule has 1 aromatic carbocycles. The lowest BCUT2D eigenvalue weighted by molar-refractivity contribution is 0.0294. The normalized spacial score (nSPS) is 17.6. The second kappa shape index (κ2) is 9.53. The topological polar surface area (TPSA) is 109 Å². The van der Waals surface area contributed by atoms with Crippen LogP contribution in [0.2, 0.25) is 0 Å². The molecular weight excluding hydrogens is 482 g/mol. The highest BCUT2D eigenvalue weighted by Crippen LogP contribution is 2.40. The van der Waals surface area contributed by atoms with Crippen LogP contribution in [-0.4, -0.2) is 45.0 Å². The van der Waals surface area contributed by atoms with Crippen molar-refractivity contribution in [1.29, 1.82) is 5.26 Å². The zero-order valence-corrected chi connectivity index (χ0v) is 22.1. The van der Waals surface area contributed by atoms with Gasteiger partial charge in [0.15, 0.2) is 0 Å². The quantitative estimate of drug-likeness (QED) is 0.540. The highest BCUT2D eigenvalue weighted by Gasteiger charge is 2.45. The van der Waals surface area contributed by atoms with E-state index in [1.165, 1.54) is 11.7 Å². The molecule has 0 bridgehead atoms. The van der Waals surface area contributed by atoms with Crippen LogP contribution in [0, 0.1) is 11.3 Å². The molecule has 196 valence electrons. The van der Waals surface area contributed by atoms with E-state index in [1.54, 1.807) is 43.3 Å². The lowest BCUT2D eigenvalue weighted by Gasteiger charge is -2.45. The maximum Gasteiger partial charge on any atom is 0.274 e. The number of ether oxygens (including phenoxy) is 1. The SMILES string of the molecule is CCCc1cc(C(=O)N2CC[C@]2(C)C#N)n2c1-c1cc(C(=O)Nc3cccn(C)c3=O)c(OC)cc1CC2. The summed E-state index contributed by atoms with van der Waals surface area (Å²) in [6, 6.07) is 11.2. The number of benzene rings is 1. The number of amides is 2. The maximum absolute atomic E-state index is 13.6. The second-order valence-corrected chi connectivity index (χ2v) is 10.1. The predicted molar refractivity (Wildman–Crippen MR) is 143 cm³/mol. The molecule has 38 heavy (non-hydrogen) atoms. The summed E-state index contributed by atoms with van der Waals surface area (Å²) >= 11 is 0. The molecule has 9 nitrogen and oxygen atoms in total. The number of methoxy groups -OCH3 is 1. The minimum absolute atomic E-state index is 0.140. The molecule has 1 atom stereocenters. The Balaban J connectivity index is 1.60. The first kappa shape index (κ1) is 25.3. The lowest BCUT2D eigenvalue weighted by atomic mass is 9.88. The summed E-state index contributed by atoms with van der Waals surface area (Å²) in [4.78, 5) is 41.1. The van der Waals surface area contributed by atoms with E-state index < -0.39 is 11.4 Å². The first-order valence-electron chi connectivity index (χ1n) is 12.9. The second-order valence-electron chi connectivity index (χ2n) is 10.1. The van der Waals surface area contributed by atoms with Gasteiger partial charge >= 0.3 is 0 Å². The summed E-state index contributed by atoms with van der Waals surface area (Å²) in [7, 11) is 3.14. The van der Waals surface area contributed by atoms with Crippen molar-refractivity contribution >= 4 is 17.5 Å². The van der Waals surface area contributed by atoms with Gasteiger partial charge in [0, 0.05) is 38.3 Å². The van der Waals surface area contributed by atoms with Crippen molar-refractivity contribution in [3.05, 3.63) is 69.3 Å². The number of fused-ring (bicyclic) bond motifs is 3. The Kier molecular flexibility index (Phi) is 6.35. The molecule has 0 saturated carbocycles. The number of anilines is 1. The van der Waals surface area contributed by atoms with Crippen molar-refractivity contribution in [3.63, 3.8) is 0 Å². The molecule has 1 N–H and O–H groups in total. The zero-order chi connectivity index (χ0) is 27.2. The Morgan fingerprint density at radius 1 is 1.24 bits per heavy atom. The summed E-state index contributed by atoms with van der Waals surface area (Å²) in [6.07, 6.45) is 4.61. The van der Waals surface area contributed by atoms with E-state index in [0.717, 1.165) is 35.2 Å². The molecular formula is C29H31N5O4. The Hall–Kier alpha value is -4.32. The molecule has 0 unspecified atom stereocenters. The van der Waals surface area contributed by atoms with Gasteiger partial charge in [-0.1, -0.05) is 13.3 Å². The van der Waals surface area contributed by atoms with E-state index in [1.807, 2.05) is 16.7 Å². The number of hydrogen-bond acceptors (Lipinski definition) is 5. The lowest BCUT2D eigenvalue weighted by Crippen LogP contribution is -2.59. The van der Waals surface area contributed by atoms with Crippen molar-refractivity contribution in [3.8, 4) is 23.1 Å². The molecule has 2 aliphatic heterocycles. The van der Waals surface area contributed by atoms with Gasteiger partial charge in [0.1, 0.15) is 22.7 Å². The molecule has 4 heterocycles. The predicted octanol–water partition coefficient (Wildman–Crippen LogP) is 3.75. The fourth-order valence-electron chi connectivity index (χ4n) is 5.44. The van der Waals surface area contributed by atoms with Gasteiger partial charge in [0.2, 0.25) is 0 Å². The molecule has 1 fully saturated rings. The molecule has 0 spiro atoms.